The van der Waals surface area contributed by atoms with Crippen molar-refractivity contribution in [2.24, 2.45) is 0 Å². The van der Waals surface area contributed by atoms with Crippen molar-refractivity contribution >= 4 is 40.4 Å². The van der Waals surface area contributed by atoms with Crippen molar-refractivity contribution < 1.29 is 14.7 Å². The monoisotopic (exact) mass is 418 g/mol. The molecule has 28 heavy (non-hydrogen) atoms. The van der Waals surface area contributed by atoms with Crippen molar-refractivity contribution in [3.05, 3.63) is 62.3 Å². The number of aryl methyl sites for hydroxylation is 1. The van der Waals surface area contributed by atoms with Crippen LogP contribution in [0.1, 0.15) is 28.5 Å². The van der Waals surface area contributed by atoms with Crippen molar-refractivity contribution in [1.82, 2.24) is 9.80 Å². The van der Waals surface area contributed by atoms with Crippen LogP contribution in [0, 0.1) is 6.92 Å². The van der Waals surface area contributed by atoms with E-state index in [2.05, 4.69) is 0 Å². The SMILES string of the molecule is Cc1ccsc1C1/C(=C(/O)c2ccc(Cl)cc2)C(=O)C(=O)N1CCCN(C)C. The molecular weight excluding hydrogens is 396 g/mol. The van der Waals surface area contributed by atoms with Crippen molar-refractivity contribution in [2.45, 2.75) is 19.4 Å². The molecule has 1 aromatic heterocycles. The highest BCUT2D eigenvalue weighted by Gasteiger charge is 2.46. The van der Waals surface area contributed by atoms with Gasteiger partial charge in [0.25, 0.3) is 11.7 Å². The molecule has 1 atom stereocenters. The Bertz CT molecular complexity index is 918. The molecule has 3 rings (SSSR count). The van der Waals surface area contributed by atoms with Crippen LogP contribution in [0.5, 0.6) is 0 Å². The molecule has 1 unspecified atom stereocenters. The summed E-state index contributed by atoms with van der Waals surface area (Å²) in [5.41, 5.74) is 1.61. The molecule has 2 aromatic rings. The van der Waals surface area contributed by atoms with Gasteiger partial charge in [0.05, 0.1) is 11.6 Å². The van der Waals surface area contributed by atoms with Gasteiger partial charge in [-0.25, -0.2) is 0 Å². The Balaban J connectivity index is 2.07. The van der Waals surface area contributed by atoms with Crippen LogP contribution in [-0.2, 0) is 9.59 Å². The lowest BCUT2D eigenvalue weighted by Gasteiger charge is -2.25. The minimum atomic E-state index is -0.643. The average molecular weight is 419 g/mol. The summed E-state index contributed by atoms with van der Waals surface area (Å²) in [4.78, 5) is 30.2. The zero-order chi connectivity index (χ0) is 20.4. The molecule has 148 valence electrons. The van der Waals surface area contributed by atoms with Crippen LogP contribution >= 0.6 is 22.9 Å². The Morgan fingerprint density at radius 1 is 1.21 bits per heavy atom. The van der Waals surface area contributed by atoms with E-state index in [0.29, 0.717) is 17.1 Å². The summed E-state index contributed by atoms with van der Waals surface area (Å²) in [6.45, 7) is 3.20. The first-order valence-electron chi connectivity index (χ1n) is 9.04. The molecule has 1 aliphatic heterocycles. The van der Waals surface area contributed by atoms with Gasteiger partial charge in [0.2, 0.25) is 0 Å². The van der Waals surface area contributed by atoms with Gasteiger partial charge in [0, 0.05) is 22.0 Å². The third-order valence-corrected chi connectivity index (χ3v) is 6.14. The maximum absolute atomic E-state index is 12.9. The number of hydrogen-bond donors (Lipinski definition) is 1. The quantitative estimate of drug-likeness (QED) is 0.436. The van der Waals surface area contributed by atoms with Crippen LogP contribution in [0.3, 0.4) is 0 Å². The summed E-state index contributed by atoms with van der Waals surface area (Å²) in [5, 5.41) is 13.4. The van der Waals surface area contributed by atoms with Crippen LogP contribution in [-0.4, -0.2) is 53.8 Å². The summed E-state index contributed by atoms with van der Waals surface area (Å²) in [6.07, 6.45) is 0.738. The fourth-order valence-electron chi connectivity index (χ4n) is 3.37. The number of hydrogen-bond acceptors (Lipinski definition) is 5. The summed E-state index contributed by atoms with van der Waals surface area (Å²) < 4.78 is 0. The van der Waals surface area contributed by atoms with E-state index in [0.717, 1.165) is 23.4 Å². The molecule has 1 aliphatic rings. The minimum Gasteiger partial charge on any atom is -0.507 e. The van der Waals surface area contributed by atoms with Gasteiger partial charge in [-0.3, -0.25) is 9.59 Å². The Labute approximate surface area is 173 Å². The fraction of sp³-hybridized carbons (Fsp3) is 0.333. The molecule has 0 spiro atoms. The van der Waals surface area contributed by atoms with Crippen LogP contribution in [0.15, 0.2) is 41.3 Å². The molecule has 7 heteroatoms. The molecule has 1 N–H and O–H groups in total. The molecule has 2 heterocycles. The van der Waals surface area contributed by atoms with Gasteiger partial charge >= 0.3 is 0 Å². The number of Topliss-reactive ketones (excluding diaryl/α,β-unsaturated/α-hetero) is 1. The average Bonchev–Trinajstić information content (AvgIpc) is 3.17. The molecule has 5 nitrogen and oxygen atoms in total. The number of nitrogens with zero attached hydrogens (tertiary/aromatic N) is 2. The highest BCUT2D eigenvalue weighted by molar-refractivity contribution is 7.10. The number of halogens is 1. The van der Waals surface area contributed by atoms with E-state index in [9.17, 15) is 14.7 Å². The number of thiophene rings is 1. The van der Waals surface area contributed by atoms with Crippen LogP contribution in [0.2, 0.25) is 5.02 Å². The Hall–Kier alpha value is -2.15. The third-order valence-electron chi connectivity index (χ3n) is 4.81. The van der Waals surface area contributed by atoms with Gasteiger partial charge in [-0.15, -0.1) is 11.3 Å². The van der Waals surface area contributed by atoms with Gasteiger partial charge in [-0.2, -0.15) is 0 Å². The second-order valence-corrected chi connectivity index (χ2v) is 8.51. The predicted octanol–water partition coefficient (Wildman–Crippen LogP) is 4.08. The number of benzene rings is 1. The topological polar surface area (TPSA) is 60.9 Å². The molecule has 1 fully saturated rings. The number of ketones is 1. The van der Waals surface area contributed by atoms with E-state index >= 15 is 0 Å². The first-order valence-corrected chi connectivity index (χ1v) is 10.3. The van der Waals surface area contributed by atoms with E-state index in [-0.39, 0.29) is 11.3 Å². The lowest BCUT2D eigenvalue weighted by Crippen LogP contribution is -2.32. The van der Waals surface area contributed by atoms with E-state index < -0.39 is 17.7 Å². The van der Waals surface area contributed by atoms with Crippen LogP contribution in [0.4, 0.5) is 0 Å². The van der Waals surface area contributed by atoms with E-state index in [1.165, 1.54) is 11.3 Å². The maximum Gasteiger partial charge on any atom is 0.295 e. The molecule has 1 amide bonds. The molecule has 1 aromatic carbocycles. The van der Waals surface area contributed by atoms with E-state index in [1.54, 1.807) is 29.2 Å². The lowest BCUT2D eigenvalue weighted by molar-refractivity contribution is -0.139. The van der Waals surface area contributed by atoms with Crippen molar-refractivity contribution in [1.29, 1.82) is 0 Å². The van der Waals surface area contributed by atoms with Crippen LogP contribution in [0.25, 0.3) is 5.76 Å². The molecule has 0 bridgehead atoms. The molecule has 0 aliphatic carbocycles. The van der Waals surface area contributed by atoms with Gasteiger partial charge in [0.15, 0.2) is 0 Å². The standard InChI is InChI=1S/C21H23ClN2O3S/c1-13-9-12-28-20(13)17-16(18(25)14-5-7-15(22)8-6-14)19(26)21(27)24(17)11-4-10-23(2)3/h5-9,12,17,25H,4,10-11H2,1-3H3/b18-16-. The van der Waals surface area contributed by atoms with Crippen molar-refractivity contribution in [3.8, 4) is 0 Å². The smallest absolute Gasteiger partial charge is 0.295 e. The lowest BCUT2D eigenvalue weighted by atomic mass is 9.98. The molecular formula is C21H23ClN2O3S. The number of likely N-dealkylation sites (tertiary alicyclic amines) is 1. The highest BCUT2D eigenvalue weighted by atomic mass is 35.5. The zero-order valence-corrected chi connectivity index (χ0v) is 17.7. The zero-order valence-electron chi connectivity index (χ0n) is 16.1. The summed E-state index contributed by atoms with van der Waals surface area (Å²) in [7, 11) is 3.94. The molecule has 0 saturated carbocycles. The predicted molar refractivity (Wildman–Crippen MR) is 113 cm³/mol. The molecule has 1 saturated heterocycles. The number of rotatable bonds is 6. The van der Waals surface area contributed by atoms with Crippen molar-refractivity contribution in [2.75, 3.05) is 27.2 Å². The number of carbonyl (C=O) groups excluding carboxylic acids is 2. The Morgan fingerprint density at radius 2 is 1.89 bits per heavy atom. The van der Waals surface area contributed by atoms with Gasteiger partial charge < -0.3 is 14.9 Å². The van der Waals surface area contributed by atoms with Crippen LogP contribution < -0.4 is 0 Å². The van der Waals surface area contributed by atoms with Gasteiger partial charge in [-0.05, 0) is 75.3 Å². The summed E-state index contributed by atoms with van der Waals surface area (Å²) >= 11 is 7.43. The number of aliphatic hydroxyl groups is 1. The fourth-order valence-corrected chi connectivity index (χ4v) is 4.54. The summed E-state index contributed by atoms with van der Waals surface area (Å²) in [6, 6.07) is 7.98. The molecule has 0 radical (unpaired) electrons. The van der Waals surface area contributed by atoms with E-state index in [4.69, 9.17) is 11.6 Å². The number of carbonyl (C=O) groups is 2. The highest BCUT2D eigenvalue weighted by Crippen LogP contribution is 2.42. The largest absolute Gasteiger partial charge is 0.507 e. The minimum absolute atomic E-state index is 0.141. The number of aliphatic hydroxyl groups excluding tert-OH is 1. The van der Waals surface area contributed by atoms with Gasteiger partial charge in [-0.1, -0.05) is 11.6 Å². The van der Waals surface area contributed by atoms with Crippen molar-refractivity contribution in [3.63, 3.8) is 0 Å². The second kappa shape index (κ2) is 8.47. The first-order chi connectivity index (χ1) is 13.3. The first kappa shape index (κ1) is 20.6. The summed E-state index contributed by atoms with van der Waals surface area (Å²) in [5.74, 6) is -1.37. The third kappa shape index (κ3) is 3.99. The Morgan fingerprint density at radius 3 is 2.46 bits per heavy atom. The Kier molecular flexibility index (Phi) is 6.23. The number of amides is 1. The van der Waals surface area contributed by atoms with E-state index in [1.807, 2.05) is 37.4 Å². The maximum atomic E-state index is 12.9. The second-order valence-electron chi connectivity index (χ2n) is 7.12. The normalized spacial score (nSPS) is 19.0. The van der Waals surface area contributed by atoms with Gasteiger partial charge in [0.1, 0.15) is 5.76 Å².